The zero-order valence-corrected chi connectivity index (χ0v) is 12.3. The summed E-state index contributed by atoms with van der Waals surface area (Å²) in [5.74, 6) is 0.654. The molecule has 3 rings (SSSR count). The first-order valence-electron chi connectivity index (χ1n) is 7.45. The summed E-state index contributed by atoms with van der Waals surface area (Å²) in [4.78, 5) is 37.6. The first-order chi connectivity index (χ1) is 10.7. The summed E-state index contributed by atoms with van der Waals surface area (Å²) in [7, 11) is 0. The average molecular weight is 305 g/mol. The standard InChI is InChI=1S/C14H19N5O3/c20-12(11-19-5-2-10-22-14(19)21)17-6-8-18(9-7-17)13-15-3-1-4-16-13/h1,3-4H,2,5-11H2. The topological polar surface area (TPSA) is 78.9 Å². The number of nitrogens with zero attached hydrogens (tertiary/aromatic N) is 5. The largest absolute Gasteiger partial charge is 0.449 e. The van der Waals surface area contributed by atoms with E-state index in [1.165, 1.54) is 4.90 Å². The molecule has 8 nitrogen and oxygen atoms in total. The van der Waals surface area contributed by atoms with E-state index in [1.54, 1.807) is 23.4 Å². The molecule has 0 N–H and O–H groups in total. The monoisotopic (exact) mass is 305 g/mol. The van der Waals surface area contributed by atoms with Crippen LogP contribution in [0.3, 0.4) is 0 Å². The number of rotatable bonds is 3. The third-order valence-corrected chi connectivity index (χ3v) is 3.85. The molecule has 0 unspecified atom stereocenters. The van der Waals surface area contributed by atoms with Crippen LogP contribution in [0.1, 0.15) is 6.42 Å². The molecule has 0 atom stereocenters. The van der Waals surface area contributed by atoms with Gasteiger partial charge in [-0.3, -0.25) is 9.69 Å². The summed E-state index contributed by atoms with van der Waals surface area (Å²) >= 11 is 0. The van der Waals surface area contributed by atoms with E-state index < -0.39 is 6.09 Å². The molecule has 22 heavy (non-hydrogen) atoms. The number of cyclic esters (lactones) is 1. The predicted octanol–water partition coefficient (Wildman–Crippen LogP) is -0.0325. The lowest BCUT2D eigenvalue weighted by Gasteiger charge is -2.36. The Morgan fingerprint density at radius 1 is 1.14 bits per heavy atom. The highest BCUT2D eigenvalue weighted by Gasteiger charge is 2.27. The van der Waals surface area contributed by atoms with Crippen LogP contribution >= 0.6 is 0 Å². The smallest absolute Gasteiger partial charge is 0.410 e. The molecule has 2 amide bonds. The van der Waals surface area contributed by atoms with Crippen molar-refractivity contribution in [2.24, 2.45) is 0 Å². The van der Waals surface area contributed by atoms with Gasteiger partial charge in [0.2, 0.25) is 11.9 Å². The highest BCUT2D eigenvalue weighted by Crippen LogP contribution is 2.11. The molecule has 3 heterocycles. The van der Waals surface area contributed by atoms with Gasteiger partial charge in [-0.2, -0.15) is 0 Å². The van der Waals surface area contributed by atoms with E-state index in [4.69, 9.17) is 4.74 Å². The van der Waals surface area contributed by atoms with Crippen LogP contribution in [-0.4, -0.2) is 77.6 Å². The number of amides is 2. The Morgan fingerprint density at radius 3 is 2.55 bits per heavy atom. The number of carbonyl (C=O) groups excluding carboxylic acids is 2. The van der Waals surface area contributed by atoms with E-state index in [-0.39, 0.29) is 12.5 Å². The zero-order chi connectivity index (χ0) is 15.4. The third kappa shape index (κ3) is 3.26. The summed E-state index contributed by atoms with van der Waals surface area (Å²) < 4.78 is 4.95. The fourth-order valence-corrected chi connectivity index (χ4v) is 2.61. The predicted molar refractivity (Wildman–Crippen MR) is 78.4 cm³/mol. The van der Waals surface area contributed by atoms with Gasteiger partial charge in [0.1, 0.15) is 6.54 Å². The molecule has 0 saturated carbocycles. The highest BCUT2D eigenvalue weighted by molar-refractivity contribution is 5.82. The zero-order valence-electron chi connectivity index (χ0n) is 12.3. The molecule has 118 valence electrons. The van der Waals surface area contributed by atoms with E-state index in [2.05, 4.69) is 14.9 Å². The summed E-state index contributed by atoms with van der Waals surface area (Å²) in [6, 6.07) is 1.78. The van der Waals surface area contributed by atoms with Crippen molar-refractivity contribution in [3.05, 3.63) is 18.5 Å². The highest BCUT2D eigenvalue weighted by atomic mass is 16.6. The molecule has 2 aliphatic rings. The fraction of sp³-hybridized carbons (Fsp3) is 0.571. The van der Waals surface area contributed by atoms with E-state index in [0.29, 0.717) is 45.3 Å². The Kier molecular flexibility index (Phi) is 4.36. The van der Waals surface area contributed by atoms with Crippen LogP contribution < -0.4 is 4.90 Å². The molecule has 0 radical (unpaired) electrons. The minimum atomic E-state index is -0.393. The van der Waals surface area contributed by atoms with Crippen molar-refractivity contribution in [1.29, 1.82) is 0 Å². The van der Waals surface area contributed by atoms with Crippen LogP contribution in [0.4, 0.5) is 10.7 Å². The second-order valence-corrected chi connectivity index (χ2v) is 5.31. The van der Waals surface area contributed by atoms with Crippen molar-refractivity contribution in [1.82, 2.24) is 19.8 Å². The number of anilines is 1. The van der Waals surface area contributed by atoms with E-state index in [1.807, 2.05) is 0 Å². The number of hydrogen-bond acceptors (Lipinski definition) is 6. The third-order valence-electron chi connectivity index (χ3n) is 3.85. The molecule has 8 heteroatoms. The van der Waals surface area contributed by atoms with Crippen LogP contribution in [0.2, 0.25) is 0 Å². The number of aromatic nitrogens is 2. The lowest BCUT2D eigenvalue weighted by Crippen LogP contribution is -2.52. The van der Waals surface area contributed by atoms with Gasteiger partial charge in [-0.05, 0) is 12.5 Å². The Labute approximate surface area is 128 Å². The van der Waals surface area contributed by atoms with Gasteiger partial charge in [0.15, 0.2) is 0 Å². The number of hydrogen-bond donors (Lipinski definition) is 0. The van der Waals surface area contributed by atoms with E-state index in [0.717, 1.165) is 6.42 Å². The summed E-state index contributed by atoms with van der Waals surface area (Å²) in [6.45, 7) is 3.74. The minimum absolute atomic E-state index is 0.0347. The van der Waals surface area contributed by atoms with Crippen LogP contribution in [0.5, 0.6) is 0 Å². The van der Waals surface area contributed by atoms with Crippen molar-refractivity contribution in [3.8, 4) is 0 Å². The summed E-state index contributed by atoms with van der Waals surface area (Å²) in [6.07, 6.45) is 3.80. The van der Waals surface area contributed by atoms with Crippen molar-refractivity contribution in [3.63, 3.8) is 0 Å². The van der Waals surface area contributed by atoms with Gasteiger partial charge in [0, 0.05) is 45.1 Å². The van der Waals surface area contributed by atoms with Crippen molar-refractivity contribution < 1.29 is 14.3 Å². The van der Waals surface area contributed by atoms with Crippen LogP contribution in [0.15, 0.2) is 18.5 Å². The summed E-state index contributed by atoms with van der Waals surface area (Å²) in [5.41, 5.74) is 0. The molecule has 2 fully saturated rings. The van der Waals surface area contributed by atoms with Gasteiger partial charge in [0.05, 0.1) is 6.61 Å². The molecular formula is C14H19N5O3. The lowest BCUT2D eigenvalue weighted by atomic mass is 10.3. The SMILES string of the molecule is O=C(CN1CCCOC1=O)N1CCN(c2ncccn2)CC1. The molecule has 1 aromatic rings. The Bertz CT molecular complexity index is 531. The van der Waals surface area contributed by atoms with Crippen molar-refractivity contribution >= 4 is 17.9 Å². The maximum atomic E-state index is 12.3. The van der Waals surface area contributed by atoms with E-state index >= 15 is 0 Å². The van der Waals surface area contributed by atoms with Gasteiger partial charge in [0.25, 0.3) is 0 Å². The molecule has 2 aliphatic heterocycles. The Balaban J connectivity index is 1.50. The Hall–Kier alpha value is -2.38. The van der Waals surface area contributed by atoms with Crippen LogP contribution in [-0.2, 0) is 9.53 Å². The minimum Gasteiger partial charge on any atom is -0.449 e. The first-order valence-corrected chi connectivity index (χ1v) is 7.45. The van der Waals surface area contributed by atoms with Gasteiger partial charge in [-0.15, -0.1) is 0 Å². The van der Waals surface area contributed by atoms with Gasteiger partial charge in [-0.25, -0.2) is 14.8 Å². The summed E-state index contributed by atoms with van der Waals surface area (Å²) in [5, 5.41) is 0. The number of carbonyl (C=O) groups is 2. The lowest BCUT2D eigenvalue weighted by molar-refractivity contribution is -0.132. The number of piperazine rings is 1. The second kappa shape index (κ2) is 6.59. The number of ether oxygens (including phenoxy) is 1. The maximum Gasteiger partial charge on any atom is 0.410 e. The van der Waals surface area contributed by atoms with Gasteiger partial charge < -0.3 is 14.5 Å². The molecule has 1 aromatic heterocycles. The maximum absolute atomic E-state index is 12.3. The van der Waals surface area contributed by atoms with Crippen LogP contribution in [0.25, 0.3) is 0 Å². The molecule has 0 spiro atoms. The van der Waals surface area contributed by atoms with Crippen molar-refractivity contribution in [2.45, 2.75) is 6.42 Å². The quantitative estimate of drug-likeness (QED) is 0.780. The molecular weight excluding hydrogens is 286 g/mol. The molecule has 0 aromatic carbocycles. The normalized spacial score (nSPS) is 19.1. The average Bonchev–Trinajstić information content (AvgIpc) is 2.58. The fourth-order valence-electron chi connectivity index (χ4n) is 2.61. The molecule has 2 saturated heterocycles. The van der Waals surface area contributed by atoms with Gasteiger partial charge in [-0.1, -0.05) is 0 Å². The van der Waals surface area contributed by atoms with Gasteiger partial charge >= 0.3 is 6.09 Å². The Morgan fingerprint density at radius 2 is 1.86 bits per heavy atom. The second-order valence-electron chi connectivity index (χ2n) is 5.31. The van der Waals surface area contributed by atoms with E-state index in [9.17, 15) is 9.59 Å². The van der Waals surface area contributed by atoms with Crippen molar-refractivity contribution in [2.75, 3.05) is 50.8 Å². The first kappa shape index (κ1) is 14.6. The van der Waals surface area contributed by atoms with Crippen LogP contribution in [0, 0.1) is 0 Å². The molecule has 0 bridgehead atoms. The molecule has 0 aliphatic carbocycles.